The molecule has 0 saturated carbocycles. The van der Waals surface area contributed by atoms with Crippen molar-refractivity contribution in [2.75, 3.05) is 27.2 Å². The molecular formula is C14H20FNO2. The number of halogens is 1. The zero-order chi connectivity index (χ0) is 13.4. The van der Waals surface area contributed by atoms with Crippen LogP contribution < -0.4 is 0 Å². The Morgan fingerprint density at radius 3 is 2.50 bits per heavy atom. The molecule has 2 unspecified atom stereocenters. The third-order valence-electron chi connectivity index (χ3n) is 4.07. The normalized spacial score (nSPS) is 33.6. The maximum absolute atomic E-state index is 13.0. The molecule has 0 bridgehead atoms. The van der Waals surface area contributed by atoms with Crippen molar-refractivity contribution in [3.8, 4) is 0 Å². The minimum Gasteiger partial charge on any atom is -0.382 e. The molecule has 0 radical (unpaired) electrons. The molecule has 0 spiro atoms. The predicted octanol–water partition coefficient (Wildman–Crippen LogP) is 1.75. The number of likely N-dealkylation sites (tertiary alicyclic amines) is 1. The van der Waals surface area contributed by atoms with Crippen molar-refractivity contribution >= 4 is 0 Å². The summed E-state index contributed by atoms with van der Waals surface area (Å²) in [7, 11) is 3.61. The molecule has 0 amide bonds. The Labute approximate surface area is 107 Å². The van der Waals surface area contributed by atoms with E-state index in [-0.39, 0.29) is 5.82 Å². The molecule has 100 valence electrons. The van der Waals surface area contributed by atoms with Gasteiger partial charge in [-0.05, 0) is 38.1 Å². The van der Waals surface area contributed by atoms with Gasteiger partial charge in [0.05, 0.1) is 0 Å². The summed E-state index contributed by atoms with van der Waals surface area (Å²) in [6.45, 7) is 3.32. The number of likely N-dealkylation sites (N-methyl/N-ethyl adjacent to an activating group) is 1. The molecule has 0 aliphatic carbocycles. The highest BCUT2D eigenvalue weighted by atomic mass is 19.1. The number of hydrogen-bond donors (Lipinski definition) is 1. The van der Waals surface area contributed by atoms with E-state index < -0.39 is 11.2 Å². The number of rotatable bonds is 2. The minimum absolute atomic E-state index is 0.297. The van der Waals surface area contributed by atoms with Crippen LogP contribution in [-0.2, 0) is 10.3 Å². The van der Waals surface area contributed by atoms with Gasteiger partial charge in [-0.3, -0.25) is 0 Å². The standard InChI is InChI=1S/C14H20FNO2/c1-13(18-3)10-16(2)9-8-14(13,17)11-4-6-12(15)7-5-11/h4-7,17H,8-10H2,1-3H3. The number of nitrogens with zero attached hydrogens (tertiary/aromatic N) is 1. The highest BCUT2D eigenvalue weighted by Crippen LogP contribution is 2.41. The lowest BCUT2D eigenvalue weighted by molar-refractivity contribution is -0.199. The lowest BCUT2D eigenvalue weighted by atomic mass is 9.73. The predicted molar refractivity (Wildman–Crippen MR) is 67.8 cm³/mol. The first kappa shape index (κ1) is 13.5. The SMILES string of the molecule is COC1(C)CN(C)CCC1(O)c1ccc(F)cc1. The van der Waals surface area contributed by atoms with Crippen molar-refractivity contribution in [3.05, 3.63) is 35.6 Å². The average Bonchev–Trinajstić information content (AvgIpc) is 2.35. The monoisotopic (exact) mass is 253 g/mol. The van der Waals surface area contributed by atoms with Crippen molar-refractivity contribution in [1.29, 1.82) is 0 Å². The van der Waals surface area contributed by atoms with Crippen LogP contribution in [0.3, 0.4) is 0 Å². The maximum Gasteiger partial charge on any atom is 0.123 e. The van der Waals surface area contributed by atoms with Gasteiger partial charge in [0, 0.05) is 20.2 Å². The fourth-order valence-electron chi connectivity index (χ4n) is 2.75. The second kappa shape index (κ2) is 4.61. The molecular weight excluding hydrogens is 233 g/mol. The van der Waals surface area contributed by atoms with Crippen LogP contribution in [0.5, 0.6) is 0 Å². The molecule has 1 aliphatic heterocycles. The van der Waals surface area contributed by atoms with E-state index in [9.17, 15) is 9.50 Å². The zero-order valence-corrected chi connectivity index (χ0v) is 11.1. The lowest BCUT2D eigenvalue weighted by Crippen LogP contribution is -2.61. The summed E-state index contributed by atoms with van der Waals surface area (Å²) in [5.74, 6) is -0.297. The van der Waals surface area contributed by atoms with E-state index in [1.54, 1.807) is 19.2 Å². The van der Waals surface area contributed by atoms with Crippen LogP contribution in [-0.4, -0.2) is 42.9 Å². The van der Waals surface area contributed by atoms with Crippen molar-refractivity contribution in [2.24, 2.45) is 0 Å². The third kappa shape index (κ3) is 2.05. The summed E-state index contributed by atoms with van der Waals surface area (Å²) in [6.07, 6.45) is 0.569. The first-order chi connectivity index (χ1) is 8.41. The Morgan fingerprint density at radius 1 is 1.33 bits per heavy atom. The summed E-state index contributed by atoms with van der Waals surface area (Å²) in [5, 5.41) is 11.0. The van der Waals surface area contributed by atoms with Crippen molar-refractivity contribution in [1.82, 2.24) is 4.90 Å². The van der Waals surface area contributed by atoms with E-state index in [0.717, 1.165) is 6.54 Å². The van der Waals surface area contributed by atoms with Gasteiger partial charge in [-0.15, -0.1) is 0 Å². The largest absolute Gasteiger partial charge is 0.382 e. The van der Waals surface area contributed by atoms with Crippen LogP contribution in [0.15, 0.2) is 24.3 Å². The van der Waals surface area contributed by atoms with E-state index in [4.69, 9.17) is 4.74 Å². The molecule has 1 heterocycles. The molecule has 1 saturated heterocycles. The molecule has 1 fully saturated rings. The highest BCUT2D eigenvalue weighted by molar-refractivity contribution is 5.28. The quantitative estimate of drug-likeness (QED) is 0.871. The molecule has 1 aromatic carbocycles. The number of benzene rings is 1. The fraction of sp³-hybridized carbons (Fsp3) is 0.571. The third-order valence-corrected chi connectivity index (χ3v) is 4.07. The minimum atomic E-state index is -1.08. The van der Waals surface area contributed by atoms with Gasteiger partial charge >= 0.3 is 0 Å². The van der Waals surface area contributed by atoms with Crippen molar-refractivity contribution in [3.63, 3.8) is 0 Å². The second-order valence-electron chi connectivity index (χ2n) is 5.29. The topological polar surface area (TPSA) is 32.7 Å². The Bertz CT molecular complexity index is 422. The Morgan fingerprint density at radius 2 is 1.94 bits per heavy atom. The number of aliphatic hydroxyl groups is 1. The summed E-state index contributed by atoms with van der Waals surface area (Å²) >= 11 is 0. The van der Waals surface area contributed by atoms with Gasteiger partial charge in [0.2, 0.25) is 0 Å². The van der Waals surface area contributed by atoms with Gasteiger partial charge in [0.15, 0.2) is 0 Å². The smallest absolute Gasteiger partial charge is 0.123 e. The Kier molecular flexibility index (Phi) is 3.45. The number of methoxy groups -OCH3 is 1. The number of hydrogen-bond acceptors (Lipinski definition) is 3. The average molecular weight is 253 g/mol. The van der Waals surface area contributed by atoms with Crippen molar-refractivity contribution < 1.29 is 14.2 Å². The van der Waals surface area contributed by atoms with E-state index in [1.807, 2.05) is 14.0 Å². The van der Waals surface area contributed by atoms with Crippen LogP contribution in [0.2, 0.25) is 0 Å². The van der Waals surface area contributed by atoms with Gasteiger partial charge in [0.25, 0.3) is 0 Å². The van der Waals surface area contributed by atoms with Gasteiger partial charge in [0.1, 0.15) is 17.0 Å². The molecule has 3 nitrogen and oxygen atoms in total. The first-order valence-corrected chi connectivity index (χ1v) is 6.13. The van der Waals surface area contributed by atoms with E-state index in [2.05, 4.69) is 4.90 Å². The lowest BCUT2D eigenvalue weighted by Gasteiger charge is -2.50. The maximum atomic E-state index is 13.0. The molecule has 2 rings (SSSR count). The molecule has 1 N–H and O–H groups in total. The Hall–Kier alpha value is -0.970. The van der Waals surface area contributed by atoms with E-state index in [1.165, 1.54) is 12.1 Å². The van der Waals surface area contributed by atoms with Gasteiger partial charge in [-0.25, -0.2) is 4.39 Å². The molecule has 1 aliphatic rings. The highest BCUT2D eigenvalue weighted by Gasteiger charge is 2.51. The fourth-order valence-corrected chi connectivity index (χ4v) is 2.75. The van der Waals surface area contributed by atoms with Gasteiger partial charge in [-0.1, -0.05) is 12.1 Å². The van der Waals surface area contributed by atoms with Crippen LogP contribution in [0, 0.1) is 5.82 Å². The van der Waals surface area contributed by atoms with Crippen LogP contribution >= 0.6 is 0 Å². The summed E-state index contributed by atoms with van der Waals surface area (Å²) in [5.41, 5.74) is -1.07. The van der Waals surface area contributed by atoms with E-state index >= 15 is 0 Å². The van der Waals surface area contributed by atoms with Gasteiger partial charge < -0.3 is 14.7 Å². The van der Waals surface area contributed by atoms with Crippen LogP contribution in [0.25, 0.3) is 0 Å². The second-order valence-corrected chi connectivity index (χ2v) is 5.29. The number of ether oxygens (including phenoxy) is 1. The van der Waals surface area contributed by atoms with Crippen molar-refractivity contribution in [2.45, 2.75) is 24.5 Å². The molecule has 4 heteroatoms. The Balaban J connectivity index is 2.41. The first-order valence-electron chi connectivity index (χ1n) is 6.13. The zero-order valence-electron chi connectivity index (χ0n) is 11.1. The van der Waals surface area contributed by atoms with E-state index in [0.29, 0.717) is 18.5 Å². The van der Waals surface area contributed by atoms with Gasteiger partial charge in [-0.2, -0.15) is 0 Å². The van der Waals surface area contributed by atoms with Crippen LogP contribution in [0.4, 0.5) is 4.39 Å². The summed E-state index contributed by atoms with van der Waals surface area (Å²) < 4.78 is 18.6. The molecule has 18 heavy (non-hydrogen) atoms. The summed E-state index contributed by atoms with van der Waals surface area (Å²) in [6, 6.07) is 6.03. The molecule has 1 aromatic rings. The van der Waals surface area contributed by atoms with Crippen LogP contribution in [0.1, 0.15) is 18.9 Å². The number of piperidine rings is 1. The molecule has 0 aromatic heterocycles. The molecule has 2 atom stereocenters. The summed E-state index contributed by atoms with van der Waals surface area (Å²) in [4.78, 5) is 2.13.